The third kappa shape index (κ3) is 19.6. The van der Waals surface area contributed by atoms with Gasteiger partial charge in [-0.3, -0.25) is 0 Å². The molecular formula is C46H74. The minimum Gasteiger partial charge on any atom is -0.0654 e. The van der Waals surface area contributed by atoms with Crippen molar-refractivity contribution in [2.24, 2.45) is 0 Å². The largest absolute Gasteiger partial charge is 0.0654 e. The first kappa shape index (κ1) is 40.1. The van der Waals surface area contributed by atoms with E-state index >= 15 is 0 Å². The quantitative estimate of drug-likeness (QED) is 0.0622. The third-order valence-corrected chi connectivity index (χ3v) is 10.1. The highest BCUT2D eigenvalue weighted by molar-refractivity contribution is 5.68. The Morgan fingerprint density at radius 2 is 0.935 bits per heavy atom. The van der Waals surface area contributed by atoms with E-state index < -0.39 is 0 Å². The van der Waals surface area contributed by atoms with Crippen LogP contribution in [-0.2, 0) is 5.41 Å². The van der Waals surface area contributed by atoms with Crippen LogP contribution in [0.2, 0.25) is 0 Å². The lowest BCUT2D eigenvalue weighted by Gasteiger charge is -2.25. The van der Waals surface area contributed by atoms with Gasteiger partial charge in [0.1, 0.15) is 0 Å². The van der Waals surface area contributed by atoms with E-state index in [1.165, 1.54) is 176 Å². The highest BCUT2D eigenvalue weighted by atomic mass is 14.2. The minimum absolute atomic E-state index is 0.245. The Morgan fingerprint density at radius 3 is 1.41 bits per heavy atom. The standard InChI is InChI=1S/C46H74/c1-5-7-9-11-13-15-17-18-19-21-23-25-30-41-46(3,4)45-39-37-42(38-40-45)32-31-36-44(43-34-28-26-29-35-43)33-27-24-22-20-16-14-12-10-8-6-2/h26,28-29,31-32,34-40H,5-25,27,30,33,41H2,1-4H3. The molecule has 0 heterocycles. The minimum atomic E-state index is 0.245. The Balaban J connectivity index is 1.70. The summed E-state index contributed by atoms with van der Waals surface area (Å²) < 4.78 is 0. The lowest BCUT2D eigenvalue weighted by atomic mass is 9.79. The topological polar surface area (TPSA) is 0 Å². The van der Waals surface area contributed by atoms with Crippen LogP contribution in [0.15, 0.2) is 66.7 Å². The normalized spacial score (nSPS) is 12.4. The maximum atomic E-state index is 2.43. The van der Waals surface area contributed by atoms with Gasteiger partial charge in [0.25, 0.3) is 0 Å². The molecule has 0 atom stereocenters. The Labute approximate surface area is 288 Å². The smallest absolute Gasteiger partial charge is 0.0104 e. The van der Waals surface area contributed by atoms with Crippen molar-refractivity contribution in [3.63, 3.8) is 0 Å². The average molecular weight is 627 g/mol. The molecule has 0 unspecified atom stereocenters. The summed E-state index contributed by atoms with van der Waals surface area (Å²) in [6.45, 7) is 9.46. The molecule has 0 aromatic heterocycles. The van der Waals surface area contributed by atoms with Gasteiger partial charge in [0, 0.05) is 0 Å². The summed E-state index contributed by atoms with van der Waals surface area (Å²) >= 11 is 0. The predicted octanol–water partition coefficient (Wildman–Crippen LogP) is 15.9. The number of benzene rings is 2. The molecule has 0 saturated heterocycles. The molecule has 258 valence electrons. The molecule has 46 heavy (non-hydrogen) atoms. The molecule has 0 bridgehead atoms. The van der Waals surface area contributed by atoms with Crippen LogP contribution < -0.4 is 0 Å². The Hall–Kier alpha value is -2.08. The van der Waals surface area contributed by atoms with Crippen LogP contribution in [0.25, 0.3) is 11.6 Å². The monoisotopic (exact) mass is 627 g/mol. The molecule has 0 amide bonds. The van der Waals surface area contributed by atoms with Gasteiger partial charge in [0.2, 0.25) is 0 Å². The molecule has 0 fully saturated rings. The predicted molar refractivity (Wildman–Crippen MR) is 210 cm³/mol. The number of allylic oxidation sites excluding steroid dienone is 3. The van der Waals surface area contributed by atoms with Gasteiger partial charge in [-0.15, -0.1) is 0 Å². The number of rotatable bonds is 29. The second-order valence-corrected chi connectivity index (χ2v) is 14.8. The second-order valence-electron chi connectivity index (χ2n) is 14.8. The van der Waals surface area contributed by atoms with Gasteiger partial charge >= 0.3 is 0 Å². The van der Waals surface area contributed by atoms with Crippen LogP contribution in [0, 0.1) is 0 Å². The Kier molecular flexibility index (Phi) is 23.5. The van der Waals surface area contributed by atoms with Crippen molar-refractivity contribution in [1.29, 1.82) is 0 Å². The highest BCUT2D eigenvalue weighted by Gasteiger charge is 2.19. The van der Waals surface area contributed by atoms with E-state index in [9.17, 15) is 0 Å². The first-order valence-corrected chi connectivity index (χ1v) is 20.1. The third-order valence-electron chi connectivity index (χ3n) is 10.1. The van der Waals surface area contributed by atoms with E-state index in [-0.39, 0.29) is 5.41 Å². The molecule has 0 radical (unpaired) electrons. The van der Waals surface area contributed by atoms with Gasteiger partial charge in [-0.05, 0) is 46.9 Å². The van der Waals surface area contributed by atoms with Crippen molar-refractivity contribution < 1.29 is 0 Å². The molecular weight excluding hydrogens is 553 g/mol. The lowest BCUT2D eigenvalue weighted by molar-refractivity contribution is 0.441. The number of hydrogen-bond donors (Lipinski definition) is 0. The van der Waals surface area contributed by atoms with Crippen LogP contribution in [0.4, 0.5) is 0 Å². The summed E-state index contributed by atoms with van der Waals surface area (Å²) in [5.41, 5.74) is 5.85. The van der Waals surface area contributed by atoms with Crippen LogP contribution in [0.1, 0.15) is 205 Å². The maximum absolute atomic E-state index is 2.43. The zero-order chi connectivity index (χ0) is 33.0. The molecule has 0 saturated carbocycles. The fraction of sp³-hybridized carbons (Fsp3) is 0.652. The SMILES string of the molecule is CCCCCCCCCCCCCCCC(C)(C)c1ccc(C=CC=C(CCCCCCCCCCCC)c2ccccc2)cc1. The molecule has 2 aromatic carbocycles. The molecule has 0 spiro atoms. The van der Waals surface area contributed by atoms with Crippen molar-refractivity contribution in [3.05, 3.63) is 83.4 Å². The molecule has 0 heteroatoms. The molecule has 0 nitrogen and oxygen atoms in total. The van der Waals surface area contributed by atoms with Crippen LogP contribution >= 0.6 is 0 Å². The Morgan fingerprint density at radius 1 is 0.500 bits per heavy atom. The molecule has 0 aliphatic heterocycles. The van der Waals surface area contributed by atoms with Gasteiger partial charge in [-0.25, -0.2) is 0 Å². The highest BCUT2D eigenvalue weighted by Crippen LogP contribution is 2.30. The summed E-state index contributed by atoms with van der Waals surface area (Å²) in [4.78, 5) is 0. The fourth-order valence-electron chi connectivity index (χ4n) is 6.83. The summed E-state index contributed by atoms with van der Waals surface area (Å²) in [5.74, 6) is 0. The van der Waals surface area contributed by atoms with Crippen molar-refractivity contribution >= 4 is 11.6 Å². The van der Waals surface area contributed by atoms with E-state index in [4.69, 9.17) is 0 Å². The summed E-state index contributed by atoms with van der Waals surface area (Å²) in [5, 5.41) is 0. The number of unbranched alkanes of at least 4 members (excludes halogenated alkanes) is 21. The maximum Gasteiger partial charge on any atom is -0.0104 e. The van der Waals surface area contributed by atoms with E-state index in [1.807, 2.05) is 0 Å². The molecule has 2 rings (SSSR count). The zero-order valence-corrected chi connectivity index (χ0v) is 31.1. The van der Waals surface area contributed by atoms with Gasteiger partial charge in [-0.1, -0.05) is 242 Å². The van der Waals surface area contributed by atoms with Crippen molar-refractivity contribution in [2.45, 2.75) is 194 Å². The first-order chi connectivity index (χ1) is 22.6. The van der Waals surface area contributed by atoms with Crippen molar-refractivity contribution in [2.75, 3.05) is 0 Å². The Bertz CT molecular complexity index is 1010. The summed E-state index contributed by atoms with van der Waals surface area (Å²) in [6, 6.07) is 20.4. The van der Waals surface area contributed by atoms with E-state index in [1.54, 1.807) is 0 Å². The molecule has 0 aliphatic carbocycles. The average Bonchev–Trinajstić information content (AvgIpc) is 3.07. The second kappa shape index (κ2) is 26.9. The zero-order valence-electron chi connectivity index (χ0n) is 31.1. The molecule has 0 aliphatic rings. The number of hydrogen-bond acceptors (Lipinski definition) is 0. The van der Waals surface area contributed by atoms with Gasteiger partial charge in [0.05, 0.1) is 0 Å². The molecule has 0 N–H and O–H groups in total. The summed E-state index contributed by atoms with van der Waals surface area (Å²) in [7, 11) is 0. The van der Waals surface area contributed by atoms with Crippen molar-refractivity contribution in [1.82, 2.24) is 0 Å². The van der Waals surface area contributed by atoms with Gasteiger partial charge in [-0.2, -0.15) is 0 Å². The lowest BCUT2D eigenvalue weighted by Crippen LogP contribution is -2.16. The fourth-order valence-corrected chi connectivity index (χ4v) is 6.83. The van der Waals surface area contributed by atoms with Crippen molar-refractivity contribution in [3.8, 4) is 0 Å². The van der Waals surface area contributed by atoms with E-state index in [0.717, 1.165) is 6.42 Å². The first-order valence-electron chi connectivity index (χ1n) is 20.1. The van der Waals surface area contributed by atoms with Crippen LogP contribution in [-0.4, -0.2) is 0 Å². The van der Waals surface area contributed by atoms with Gasteiger partial charge < -0.3 is 0 Å². The summed E-state index contributed by atoms with van der Waals surface area (Å²) in [6.07, 6.45) is 41.7. The van der Waals surface area contributed by atoms with Crippen LogP contribution in [0.3, 0.4) is 0 Å². The van der Waals surface area contributed by atoms with E-state index in [0.29, 0.717) is 0 Å². The molecule has 2 aromatic rings. The van der Waals surface area contributed by atoms with Crippen LogP contribution in [0.5, 0.6) is 0 Å². The van der Waals surface area contributed by atoms with Gasteiger partial charge in [0.15, 0.2) is 0 Å². The van der Waals surface area contributed by atoms with E-state index in [2.05, 4.69) is 101 Å².